The van der Waals surface area contributed by atoms with Gasteiger partial charge in [-0.05, 0) is 45.1 Å². The summed E-state index contributed by atoms with van der Waals surface area (Å²) < 4.78 is 1.81. The first-order valence-electron chi connectivity index (χ1n) is 9.38. The number of amides is 1. The SMILES string of the molecule is CC(C)(CO)n1cnc(Nc2nccc(N3CC[C@@](C#N)(C4CC4)C3=O)n2)c1. The average molecular weight is 381 g/mol. The van der Waals surface area contributed by atoms with Gasteiger partial charge in [0.05, 0.1) is 24.5 Å². The molecule has 2 aromatic heterocycles. The molecule has 1 aliphatic carbocycles. The molecule has 3 heterocycles. The quantitative estimate of drug-likeness (QED) is 0.783. The number of rotatable bonds is 6. The summed E-state index contributed by atoms with van der Waals surface area (Å²) in [5.41, 5.74) is -1.37. The molecule has 2 fully saturated rings. The highest BCUT2D eigenvalue weighted by Crippen LogP contribution is 2.51. The van der Waals surface area contributed by atoms with Gasteiger partial charge in [-0.25, -0.2) is 9.97 Å². The molecule has 4 rings (SSSR count). The number of carbonyl (C=O) groups is 1. The molecule has 2 N–H and O–H groups in total. The third kappa shape index (κ3) is 2.99. The lowest BCUT2D eigenvalue weighted by Gasteiger charge is -2.23. The fourth-order valence-corrected chi connectivity index (χ4v) is 3.58. The topological polar surface area (TPSA) is 120 Å². The van der Waals surface area contributed by atoms with E-state index in [2.05, 4.69) is 26.3 Å². The summed E-state index contributed by atoms with van der Waals surface area (Å²) in [6.07, 6.45) is 7.40. The second-order valence-corrected chi connectivity index (χ2v) is 8.06. The summed E-state index contributed by atoms with van der Waals surface area (Å²) >= 11 is 0. The predicted molar refractivity (Wildman–Crippen MR) is 102 cm³/mol. The van der Waals surface area contributed by atoms with Crippen molar-refractivity contribution in [1.29, 1.82) is 5.26 Å². The summed E-state index contributed by atoms with van der Waals surface area (Å²) in [6.45, 7) is 4.26. The maximum absolute atomic E-state index is 12.9. The molecule has 2 aliphatic rings. The number of aromatic nitrogens is 4. The maximum atomic E-state index is 12.9. The molecule has 0 spiro atoms. The van der Waals surface area contributed by atoms with Crippen LogP contribution in [-0.2, 0) is 10.3 Å². The molecular formula is C19H23N7O2. The summed E-state index contributed by atoms with van der Waals surface area (Å²) in [4.78, 5) is 27.4. The van der Waals surface area contributed by atoms with Crippen molar-refractivity contribution in [3.8, 4) is 6.07 Å². The van der Waals surface area contributed by atoms with Gasteiger partial charge in [-0.1, -0.05) is 0 Å². The van der Waals surface area contributed by atoms with Crippen molar-refractivity contribution >= 4 is 23.5 Å². The van der Waals surface area contributed by atoms with Gasteiger partial charge < -0.3 is 15.0 Å². The third-order valence-electron chi connectivity index (χ3n) is 5.66. The standard InChI is InChI=1S/C19H23N7O2/c1-18(2,11-27)25-9-14(22-12-25)23-17-21-7-5-15(24-17)26-8-6-19(10-20,16(26)28)13-3-4-13/h5,7,9,12-13,27H,3-4,6,8,11H2,1-2H3,(H,21,23,24)/t19-/m1/s1. The van der Waals surface area contributed by atoms with E-state index in [1.807, 2.05) is 13.8 Å². The molecule has 0 aromatic carbocycles. The second kappa shape index (κ2) is 6.56. The van der Waals surface area contributed by atoms with Gasteiger partial charge in [0.25, 0.3) is 0 Å². The Morgan fingerprint density at radius 1 is 1.43 bits per heavy atom. The van der Waals surface area contributed by atoms with Crippen LogP contribution >= 0.6 is 0 Å². The van der Waals surface area contributed by atoms with Crippen molar-refractivity contribution in [1.82, 2.24) is 19.5 Å². The van der Waals surface area contributed by atoms with E-state index in [-0.39, 0.29) is 18.4 Å². The van der Waals surface area contributed by atoms with E-state index >= 15 is 0 Å². The smallest absolute Gasteiger partial charge is 0.248 e. The van der Waals surface area contributed by atoms with Gasteiger partial charge in [-0.2, -0.15) is 10.2 Å². The molecule has 2 aromatic rings. The zero-order valence-electron chi connectivity index (χ0n) is 16.0. The second-order valence-electron chi connectivity index (χ2n) is 8.06. The minimum atomic E-state index is -0.896. The summed E-state index contributed by atoms with van der Waals surface area (Å²) in [5.74, 6) is 1.36. The average Bonchev–Trinajstić information content (AvgIpc) is 3.34. The van der Waals surface area contributed by atoms with Gasteiger partial charge in [-0.3, -0.25) is 9.69 Å². The first-order chi connectivity index (χ1) is 13.4. The number of anilines is 3. The molecule has 0 radical (unpaired) electrons. The molecule has 1 amide bonds. The Hall–Kier alpha value is -2.99. The zero-order chi connectivity index (χ0) is 19.9. The number of hydrogen-bond acceptors (Lipinski definition) is 7. The number of imidazole rings is 1. The Kier molecular flexibility index (Phi) is 4.31. The lowest BCUT2D eigenvalue weighted by molar-refractivity contribution is -0.123. The highest BCUT2D eigenvalue weighted by Gasteiger charge is 2.57. The van der Waals surface area contributed by atoms with Crippen LogP contribution in [0.4, 0.5) is 17.6 Å². The molecule has 1 aliphatic heterocycles. The maximum Gasteiger partial charge on any atom is 0.248 e. The van der Waals surface area contributed by atoms with Crippen molar-refractivity contribution in [2.24, 2.45) is 11.3 Å². The lowest BCUT2D eigenvalue weighted by atomic mass is 9.83. The molecule has 1 saturated carbocycles. The summed E-state index contributed by atoms with van der Waals surface area (Å²) in [7, 11) is 0. The number of aliphatic hydroxyl groups is 1. The molecule has 28 heavy (non-hydrogen) atoms. The minimum Gasteiger partial charge on any atom is -0.394 e. The van der Waals surface area contributed by atoms with Crippen LogP contribution in [0.3, 0.4) is 0 Å². The molecule has 0 unspecified atom stereocenters. The molecule has 1 atom stereocenters. The minimum absolute atomic E-state index is 0.0203. The van der Waals surface area contributed by atoms with E-state index in [9.17, 15) is 15.2 Å². The number of nitrogens with zero attached hydrogens (tertiary/aromatic N) is 6. The van der Waals surface area contributed by atoms with Gasteiger partial charge >= 0.3 is 0 Å². The lowest BCUT2D eigenvalue weighted by Crippen LogP contribution is -2.35. The van der Waals surface area contributed by atoms with E-state index in [0.29, 0.717) is 30.5 Å². The van der Waals surface area contributed by atoms with Crippen LogP contribution in [0.5, 0.6) is 0 Å². The Bertz CT molecular complexity index is 944. The molecule has 9 heteroatoms. The number of nitrogens with one attached hydrogen (secondary N) is 1. The monoisotopic (exact) mass is 381 g/mol. The van der Waals surface area contributed by atoms with Crippen LogP contribution in [0.2, 0.25) is 0 Å². The van der Waals surface area contributed by atoms with Crippen LogP contribution in [0.15, 0.2) is 24.8 Å². The largest absolute Gasteiger partial charge is 0.394 e. The van der Waals surface area contributed by atoms with Gasteiger partial charge in [0.15, 0.2) is 5.82 Å². The number of hydrogen-bond donors (Lipinski definition) is 2. The van der Waals surface area contributed by atoms with Gasteiger partial charge in [0, 0.05) is 18.9 Å². The molecular weight excluding hydrogens is 358 g/mol. The highest BCUT2D eigenvalue weighted by atomic mass is 16.3. The normalized spacial score (nSPS) is 22.4. The summed E-state index contributed by atoms with van der Waals surface area (Å²) in [5, 5.41) is 22.1. The van der Waals surface area contributed by atoms with Gasteiger partial charge in [0.2, 0.25) is 11.9 Å². The number of nitriles is 1. The van der Waals surface area contributed by atoms with Crippen LogP contribution in [0.25, 0.3) is 0 Å². The molecule has 1 saturated heterocycles. The van der Waals surface area contributed by atoms with Crippen molar-refractivity contribution in [2.75, 3.05) is 23.4 Å². The van der Waals surface area contributed by atoms with Crippen LogP contribution < -0.4 is 10.2 Å². The first-order valence-corrected chi connectivity index (χ1v) is 9.38. The Labute approximate surface area is 163 Å². The van der Waals surface area contributed by atoms with Crippen molar-refractivity contribution in [2.45, 2.75) is 38.6 Å². The first kappa shape index (κ1) is 18.4. The Morgan fingerprint density at radius 2 is 2.21 bits per heavy atom. The van der Waals surface area contributed by atoms with Crippen LogP contribution in [-0.4, -0.2) is 43.7 Å². The van der Waals surface area contributed by atoms with Crippen molar-refractivity contribution < 1.29 is 9.90 Å². The molecule has 146 valence electrons. The number of aliphatic hydroxyl groups excluding tert-OH is 1. The van der Waals surface area contributed by atoms with Gasteiger partial charge in [0.1, 0.15) is 11.2 Å². The third-order valence-corrected chi connectivity index (χ3v) is 5.66. The van der Waals surface area contributed by atoms with E-state index in [4.69, 9.17) is 0 Å². The fourth-order valence-electron chi connectivity index (χ4n) is 3.58. The Morgan fingerprint density at radius 3 is 2.89 bits per heavy atom. The van der Waals surface area contributed by atoms with E-state index < -0.39 is 11.0 Å². The van der Waals surface area contributed by atoms with Crippen LogP contribution in [0.1, 0.15) is 33.1 Å². The zero-order valence-corrected chi connectivity index (χ0v) is 16.0. The number of carbonyl (C=O) groups excluding carboxylic acids is 1. The van der Waals surface area contributed by atoms with Crippen molar-refractivity contribution in [3.05, 3.63) is 24.8 Å². The Balaban J connectivity index is 1.53. The summed E-state index contributed by atoms with van der Waals surface area (Å²) in [6, 6.07) is 3.96. The van der Waals surface area contributed by atoms with E-state index in [0.717, 1.165) is 12.8 Å². The fraction of sp³-hybridized carbons (Fsp3) is 0.526. The van der Waals surface area contributed by atoms with Crippen molar-refractivity contribution in [3.63, 3.8) is 0 Å². The molecule has 9 nitrogen and oxygen atoms in total. The molecule has 0 bridgehead atoms. The highest BCUT2D eigenvalue weighted by molar-refractivity contribution is 6.01. The van der Waals surface area contributed by atoms with Gasteiger partial charge in [-0.15, -0.1) is 0 Å². The predicted octanol–water partition coefficient (Wildman–Crippen LogP) is 1.80. The van der Waals surface area contributed by atoms with E-state index in [1.165, 1.54) is 0 Å². The van der Waals surface area contributed by atoms with Crippen LogP contribution in [0, 0.1) is 22.7 Å². The van der Waals surface area contributed by atoms with E-state index in [1.54, 1.807) is 34.3 Å².